The normalized spacial score (nSPS) is 15.9. The van der Waals surface area contributed by atoms with Crippen molar-refractivity contribution in [3.63, 3.8) is 0 Å². The van der Waals surface area contributed by atoms with Gasteiger partial charge >= 0.3 is 0 Å². The Kier molecular flexibility index (Phi) is 2.15. The Morgan fingerprint density at radius 2 is 2.19 bits per heavy atom. The number of hydrogen-bond donors (Lipinski definition) is 1. The number of nitrogens with zero attached hydrogens (tertiary/aromatic N) is 2. The minimum atomic E-state index is 0.778. The number of hydrogen-bond acceptors (Lipinski definition) is 4. The maximum atomic E-state index is 5.94. The first-order valence-corrected chi connectivity index (χ1v) is 5.39. The number of nitrogens with two attached hydrogens (primary N) is 1. The fraction of sp³-hybridized carbons (Fsp3) is 0.250. The number of aromatic nitrogens is 1. The average Bonchev–Trinajstić information content (AvgIpc) is 2.83. The molecule has 1 fully saturated rings. The molecule has 1 saturated heterocycles. The van der Waals surface area contributed by atoms with Crippen molar-refractivity contribution >= 4 is 22.1 Å². The number of benzene rings is 1. The van der Waals surface area contributed by atoms with Crippen molar-refractivity contribution in [1.29, 1.82) is 0 Å². The molecule has 0 saturated carbocycles. The van der Waals surface area contributed by atoms with Gasteiger partial charge in [0.2, 0.25) is 0 Å². The highest BCUT2D eigenvalue weighted by Gasteiger charge is 2.16. The van der Waals surface area contributed by atoms with Crippen molar-refractivity contribution in [2.45, 2.75) is 6.42 Å². The Balaban J connectivity index is 2.21. The van der Waals surface area contributed by atoms with Gasteiger partial charge in [-0.15, -0.1) is 0 Å². The molecule has 2 heterocycles. The summed E-state index contributed by atoms with van der Waals surface area (Å²) in [6.45, 7) is 1.71. The second kappa shape index (κ2) is 3.64. The minimum Gasteiger partial charge on any atom is -0.398 e. The van der Waals surface area contributed by atoms with Crippen LogP contribution in [0, 0.1) is 0 Å². The zero-order valence-electron chi connectivity index (χ0n) is 8.89. The fourth-order valence-corrected chi connectivity index (χ4v) is 2.05. The molecular weight excluding hydrogens is 202 g/mol. The SMILES string of the molecule is Nc1ccc(N2CCCO2)c2cnccc12. The van der Waals surface area contributed by atoms with Gasteiger partial charge in [-0.1, -0.05) is 0 Å². The summed E-state index contributed by atoms with van der Waals surface area (Å²) in [5.41, 5.74) is 7.77. The third kappa shape index (κ3) is 1.39. The van der Waals surface area contributed by atoms with Gasteiger partial charge in [0.25, 0.3) is 0 Å². The van der Waals surface area contributed by atoms with Crippen LogP contribution in [0.5, 0.6) is 0 Å². The van der Waals surface area contributed by atoms with E-state index in [-0.39, 0.29) is 0 Å². The third-order valence-electron chi connectivity index (χ3n) is 2.85. The molecular formula is C12H13N3O. The first-order valence-electron chi connectivity index (χ1n) is 5.39. The standard InChI is InChI=1S/C12H13N3O/c13-11-2-3-12(15-6-1-7-16-15)10-8-14-5-4-9(10)11/h2-5,8H,1,6-7,13H2. The maximum Gasteiger partial charge on any atom is 0.0766 e. The summed E-state index contributed by atoms with van der Waals surface area (Å²) in [6.07, 6.45) is 4.65. The van der Waals surface area contributed by atoms with Gasteiger partial charge in [0.05, 0.1) is 12.3 Å². The number of hydroxylamine groups is 1. The van der Waals surface area contributed by atoms with Crippen LogP contribution >= 0.6 is 0 Å². The zero-order valence-corrected chi connectivity index (χ0v) is 8.89. The molecule has 1 aliphatic heterocycles. The van der Waals surface area contributed by atoms with Crippen molar-refractivity contribution in [2.75, 3.05) is 23.9 Å². The van der Waals surface area contributed by atoms with Gasteiger partial charge in [0.15, 0.2) is 0 Å². The fourth-order valence-electron chi connectivity index (χ4n) is 2.05. The van der Waals surface area contributed by atoms with E-state index in [1.807, 2.05) is 29.5 Å². The first-order chi connectivity index (χ1) is 7.86. The van der Waals surface area contributed by atoms with E-state index >= 15 is 0 Å². The summed E-state index contributed by atoms with van der Waals surface area (Å²) in [7, 11) is 0. The van der Waals surface area contributed by atoms with Gasteiger partial charge in [-0.2, -0.15) is 0 Å². The Bertz CT molecular complexity index is 521. The largest absolute Gasteiger partial charge is 0.398 e. The van der Waals surface area contributed by atoms with E-state index in [0.717, 1.165) is 41.7 Å². The van der Waals surface area contributed by atoms with Crippen LogP contribution in [0.3, 0.4) is 0 Å². The van der Waals surface area contributed by atoms with Crippen molar-refractivity contribution < 1.29 is 4.84 Å². The van der Waals surface area contributed by atoms with Gasteiger partial charge in [-0.3, -0.25) is 14.9 Å². The molecule has 1 aromatic carbocycles. The lowest BCUT2D eigenvalue weighted by Gasteiger charge is -2.18. The highest BCUT2D eigenvalue weighted by molar-refractivity contribution is 6.00. The van der Waals surface area contributed by atoms with Gasteiger partial charge < -0.3 is 5.73 Å². The molecule has 2 aromatic rings. The zero-order chi connectivity index (χ0) is 11.0. The van der Waals surface area contributed by atoms with Crippen LogP contribution in [0.1, 0.15) is 6.42 Å². The predicted molar refractivity (Wildman–Crippen MR) is 64.1 cm³/mol. The first kappa shape index (κ1) is 9.42. The van der Waals surface area contributed by atoms with Crippen LogP contribution < -0.4 is 10.8 Å². The number of pyridine rings is 1. The molecule has 0 amide bonds. The van der Waals surface area contributed by atoms with E-state index in [9.17, 15) is 0 Å². The Hall–Kier alpha value is -1.81. The van der Waals surface area contributed by atoms with Crippen LogP contribution in [0.2, 0.25) is 0 Å². The smallest absolute Gasteiger partial charge is 0.0766 e. The van der Waals surface area contributed by atoms with Crippen molar-refractivity contribution in [2.24, 2.45) is 0 Å². The monoisotopic (exact) mass is 215 g/mol. The van der Waals surface area contributed by atoms with Crippen molar-refractivity contribution in [1.82, 2.24) is 4.98 Å². The van der Waals surface area contributed by atoms with E-state index in [1.54, 1.807) is 6.20 Å². The van der Waals surface area contributed by atoms with E-state index in [1.165, 1.54) is 0 Å². The van der Waals surface area contributed by atoms with Gasteiger partial charge in [0, 0.05) is 35.4 Å². The molecule has 0 bridgehead atoms. The van der Waals surface area contributed by atoms with Crippen LogP contribution in [0.15, 0.2) is 30.6 Å². The lowest BCUT2D eigenvalue weighted by molar-refractivity contribution is 0.169. The van der Waals surface area contributed by atoms with Gasteiger partial charge in [-0.25, -0.2) is 0 Å². The summed E-state index contributed by atoms with van der Waals surface area (Å²) in [5.74, 6) is 0. The Morgan fingerprint density at radius 1 is 1.25 bits per heavy atom. The molecule has 1 aromatic heterocycles. The Labute approximate surface area is 93.6 Å². The molecule has 0 unspecified atom stereocenters. The highest BCUT2D eigenvalue weighted by atomic mass is 16.7. The molecule has 82 valence electrons. The molecule has 0 spiro atoms. The molecule has 16 heavy (non-hydrogen) atoms. The number of nitrogen functional groups attached to an aromatic ring is 1. The van der Waals surface area contributed by atoms with E-state index < -0.39 is 0 Å². The number of anilines is 2. The van der Waals surface area contributed by atoms with E-state index in [2.05, 4.69) is 4.98 Å². The predicted octanol–water partition coefficient (Wildman–Crippen LogP) is 1.96. The van der Waals surface area contributed by atoms with Crippen molar-refractivity contribution in [3.8, 4) is 0 Å². The number of fused-ring (bicyclic) bond motifs is 1. The third-order valence-corrected chi connectivity index (χ3v) is 2.85. The molecule has 1 aliphatic rings. The molecule has 0 radical (unpaired) electrons. The lowest BCUT2D eigenvalue weighted by atomic mass is 10.1. The highest BCUT2D eigenvalue weighted by Crippen LogP contribution is 2.31. The summed E-state index contributed by atoms with van der Waals surface area (Å²) >= 11 is 0. The molecule has 0 atom stereocenters. The second-order valence-corrected chi connectivity index (χ2v) is 3.88. The summed E-state index contributed by atoms with van der Waals surface area (Å²) < 4.78 is 0. The lowest BCUT2D eigenvalue weighted by Crippen LogP contribution is -2.16. The van der Waals surface area contributed by atoms with Gasteiger partial charge in [-0.05, 0) is 24.6 Å². The summed E-state index contributed by atoms with van der Waals surface area (Å²) in [6, 6.07) is 5.84. The molecule has 2 N–H and O–H groups in total. The second-order valence-electron chi connectivity index (χ2n) is 3.88. The molecule has 4 nitrogen and oxygen atoms in total. The van der Waals surface area contributed by atoms with E-state index in [4.69, 9.17) is 10.6 Å². The number of rotatable bonds is 1. The quantitative estimate of drug-likeness (QED) is 0.739. The Morgan fingerprint density at radius 3 is 3.00 bits per heavy atom. The summed E-state index contributed by atoms with van der Waals surface area (Å²) in [5, 5.41) is 4.00. The molecule has 4 heteroatoms. The van der Waals surface area contributed by atoms with Crippen LogP contribution in [0.4, 0.5) is 11.4 Å². The average molecular weight is 215 g/mol. The van der Waals surface area contributed by atoms with E-state index in [0.29, 0.717) is 0 Å². The topological polar surface area (TPSA) is 51.4 Å². The van der Waals surface area contributed by atoms with Crippen molar-refractivity contribution in [3.05, 3.63) is 30.6 Å². The molecule has 3 rings (SSSR count). The van der Waals surface area contributed by atoms with Crippen LogP contribution in [-0.4, -0.2) is 18.1 Å². The van der Waals surface area contributed by atoms with Gasteiger partial charge in [0.1, 0.15) is 0 Å². The maximum absolute atomic E-state index is 5.94. The molecule has 0 aliphatic carbocycles. The minimum absolute atomic E-state index is 0.778. The van der Waals surface area contributed by atoms with Crippen LogP contribution in [-0.2, 0) is 4.84 Å². The summed E-state index contributed by atoms with van der Waals surface area (Å²) in [4.78, 5) is 9.70. The van der Waals surface area contributed by atoms with Crippen LogP contribution in [0.25, 0.3) is 10.8 Å².